The molecular formula is C21H41N5O2. The van der Waals surface area contributed by atoms with Crippen molar-refractivity contribution in [3.8, 4) is 0 Å². The van der Waals surface area contributed by atoms with Crippen LogP contribution in [0.2, 0.25) is 0 Å². The van der Waals surface area contributed by atoms with Crippen molar-refractivity contribution >= 4 is 12.1 Å². The molecule has 0 aromatic rings. The molecule has 0 aromatic carbocycles. The molecule has 2 atom stereocenters. The summed E-state index contributed by atoms with van der Waals surface area (Å²) in [6.45, 7) is 17.1. The SMILES string of the molecule is CCNC(=NCCCN1CCCC(C)C1)N1CC[C@@H](NC(=O)OC(C)(C)C)C1. The van der Waals surface area contributed by atoms with Crippen molar-refractivity contribution in [1.82, 2.24) is 20.4 Å². The minimum atomic E-state index is -0.467. The highest BCUT2D eigenvalue weighted by Crippen LogP contribution is 2.15. The zero-order valence-electron chi connectivity index (χ0n) is 18.6. The molecule has 0 aromatic heterocycles. The third-order valence-electron chi connectivity index (χ3n) is 5.18. The van der Waals surface area contributed by atoms with Crippen LogP contribution < -0.4 is 10.6 Å². The first-order valence-corrected chi connectivity index (χ1v) is 11.0. The lowest BCUT2D eigenvalue weighted by molar-refractivity contribution is 0.0507. The molecule has 0 saturated carbocycles. The van der Waals surface area contributed by atoms with E-state index >= 15 is 0 Å². The number of guanidine groups is 1. The first-order valence-electron chi connectivity index (χ1n) is 11.0. The van der Waals surface area contributed by atoms with Gasteiger partial charge in [0.15, 0.2) is 5.96 Å². The highest BCUT2D eigenvalue weighted by Gasteiger charge is 2.27. The molecule has 2 rings (SSSR count). The fraction of sp³-hybridized carbons (Fsp3) is 0.905. The van der Waals surface area contributed by atoms with E-state index in [0.717, 1.165) is 57.4 Å². The molecule has 2 fully saturated rings. The van der Waals surface area contributed by atoms with Gasteiger partial charge in [0.2, 0.25) is 0 Å². The Labute approximate surface area is 171 Å². The van der Waals surface area contributed by atoms with E-state index in [9.17, 15) is 4.79 Å². The van der Waals surface area contributed by atoms with Gasteiger partial charge >= 0.3 is 6.09 Å². The molecule has 2 saturated heterocycles. The fourth-order valence-corrected chi connectivity index (χ4v) is 3.94. The second-order valence-corrected chi connectivity index (χ2v) is 9.22. The van der Waals surface area contributed by atoms with Gasteiger partial charge in [-0.1, -0.05) is 6.92 Å². The summed E-state index contributed by atoms with van der Waals surface area (Å²) in [5.74, 6) is 1.79. The van der Waals surface area contributed by atoms with Gasteiger partial charge in [-0.05, 0) is 72.4 Å². The molecule has 162 valence electrons. The number of nitrogens with zero attached hydrogens (tertiary/aromatic N) is 3. The molecule has 7 nitrogen and oxygen atoms in total. The van der Waals surface area contributed by atoms with Crippen LogP contribution in [0.5, 0.6) is 0 Å². The van der Waals surface area contributed by atoms with E-state index in [4.69, 9.17) is 9.73 Å². The lowest BCUT2D eigenvalue weighted by Crippen LogP contribution is -2.44. The van der Waals surface area contributed by atoms with Gasteiger partial charge < -0.3 is 25.2 Å². The van der Waals surface area contributed by atoms with Gasteiger partial charge in [-0.2, -0.15) is 0 Å². The van der Waals surface area contributed by atoms with Crippen LogP contribution in [0.25, 0.3) is 0 Å². The Morgan fingerprint density at radius 3 is 2.68 bits per heavy atom. The maximum absolute atomic E-state index is 12.0. The van der Waals surface area contributed by atoms with Gasteiger partial charge in [-0.15, -0.1) is 0 Å². The van der Waals surface area contributed by atoms with Crippen LogP contribution in [-0.2, 0) is 4.74 Å². The van der Waals surface area contributed by atoms with Gasteiger partial charge in [-0.25, -0.2) is 4.79 Å². The number of aliphatic imine (C=N–C) groups is 1. The van der Waals surface area contributed by atoms with E-state index in [2.05, 4.69) is 34.3 Å². The first-order chi connectivity index (χ1) is 13.3. The number of carbonyl (C=O) groups is 1. The second-order valence-electron chi connectivity index (χ2n) is 9.22. The summed E-state index contributed by atoms with van der Waals surface area (Å²) in [7, 11) is 0. The first kappa shape index (κ1) is 22.8. The van der Waals surface area contributed by atoms with Gasteiger partial charge in [0, 0.05) is 32.7 Å². The number of carbonyl (C=O) groups excluding carboxylic acids is 1. The Bertz CT molecular complexity index is 517. The number of hydrogen-bond acceptors (Lipinski definition) is 4. The summed E-state index contributed by atoms with van der Waals surface area (Å²) in [5, 5.41) is 6.39. The van der Waals surface area contributed by atoms with E-state index in [0.29, 0.717) is 0 Å². The lowest BCUT2D eigenvalue weighted by Gasteiger charge is -2.30. The van der Waals surface area contributed by atoms with Crippen LogP contribution >= 0.6 is 0 Å². The predicted octanol–water partition coefficient (Wildman–Crippen LogP) is 2.67. The molecular weight excluding hydrogens is 354 g/mol. The monoisotopic (exact) mass is 395 g/mol. The quantitative estimate of drug-likeness (QED) is 0.411. The van der Waals surface area contributed by atoms with Crippen molar-refractivity contribution in [3.63, 3.8) is 0 Å². The zero-order chi connectivity index (χ0) is 20.6. The molecule has 2 aliphatic rings. The van der Waals surface area contributed by atoms with E-state index < -0.39 is 5.60 Å². The van der Waals surface area contributed by atoms with E-state index in [-0.39, 0.29) is 12.1 Å². The second kappa shape index (κ2) is 10.9. The van der Waals surface area contributed by atoms with Gasteiger partial charge in [-0.3, -0.25) is 4.99 Å². The molecule has 0 bridgehead atoms. The van der Waals surface area contributed by atoms with Crippen molar-refractivity contribution in [2.75, 3.05) is 45.8 Å². The number of nitrogens with one attached hydrogen (secondary N) is 2. The molecule has 1 amide bonds. The molecule has 0 spiro atoms. The highest BCUT2D eigenvalue weighted by atomic mass is 16.6. The van der Waals surface area contributed by atoms with Crippen LogP contribution in [0, 0.1) is 5.92 Å². The Morgan fingerprint density at radius 2 is 2.00 bits per heavy atom. The van der Waals surface area contributed by atoms with Crippen molar-refractivity contribution in [2.24, 2.45) is 10.9 Å². The third kappa shape index (κ3) is 8.25. The molecule has 2 N–H and O–H groups in total. The summed E-state index contributed by atoms with van der Waals surface area (Å²) in [6.07, 6.45) is 4.36. The number of likely N-dealkylation sites (tertiary alicyclic amines) is 2. The Morgan fingerprint density at radius 1 is 1.21 bits per heavy atom. The van der Waals surface area contributed by atoms with E-state index in [1.807, 2.05) is 20.8 Å². The average molecular weight is 396 g/mol. The number of rotatable bonds is 6. The smallest absolute Gasteiger partial charge is 0.407 e. The number of piperidine rings is 1. The van der Waals surface area contributed by atoms with Crippen LogP contribution in [0.4, 0.5) is 4.79 Å². The standard InChI is InChI=1S/C21H41N5O2/c1-6-22-19(23-11-8-13-25-12-7-9-17(2)15-25)26-14-10-18(16-26)24-20(27)28-21(3,4)5/h17-18H,6-16H2,1-5H3,(H,22,23)(H,24,27)/t17?,18-/m1/s1. The van der Waals surface area contributed by atoms with Crippen molar-refractivity contribution in [1.29, 1.82) is 0 Å². The summed E-state index contributed by atoms with van der Waals surface area (Å²) < 4.78 is 5.37. The largest absolute Gasteiger partial charge is 0.444 e. The highest BCUT2D eigenvalue weighted by molar-refractivity contribution is 5.80. The summed E-state index contributed by atoms with van der Waals surface area (Å²) >= 11 is 0. The molecule has 28 heavy (non-hydrogen) atoms. The van der Waals surface area contributed by atoms with Gasteiger partial charge in [0.1, 0.15) is 5.60 Å². The van der Waals surface area contributed by atoms with Crippen LogP contribution in [0.3, 0.4) is 0 Å². The zero-order valence-corrected chi connectivity index (χ0v) is 18.6. The van der Waals surface area contributed by atoms with E-state index in [1.165, 1.54) is 25.9 Å². The fourth-order valence-electron chi connectivity index (χ4n) is 3.94. The topological polar surface area (TPSA) is 69.2 Å². The van der Waals surface area contributed by atoms with Crippen molar-refractivity contribution < 1.29 is 9.53 Å². The summed E-state index contributed by atoms with van der Waals surface area (Å²) in [5.41, 5.74) is -0.467. The van der Waals surface area contributed by atoms with Crippen LogP contribution in [-0.4, -0.2) is 79.3 Å². The predicted molar refractivity (Wildman–Crippen MR) is 115 cm³/mol. The van der Waals surface area contributed by atoms with Crippen LogP contribution in [0.1, 0.15) is 60.3 Å². The molecule has 7 heteroatoms. The molecule has 0 aliphatic carbocycles. The Hall–Kier alpha value is -1.50. The van der Waals surface area contributed by atoms with Crippen molar-refractivity contribution in [2.45, 2.75) is 71.9 Å². The summed E-state index contributed by atoms with van der Waals surface area (Å²) in [6, 6.07) is 0.105. The number of hydrogen-bond donors (Lipinski definition) is 2. The minimum Gasteiger partial charge on any atom is -0.444 e. The average Bonchev–Trinajstić information content (AvgIpc) is 3.04. The number of ether oxygens (including phenoxy) is 1. The van der Waals surface area contributed by atoms with Gasteiger partial charge in [0.25, 0.3) is 0 Å². The lowest BCUT2D eigenvalue weighted by atomic mass is 10.0. The molecule has 2 aliphatic heterocycles. The maximum Gasteiger partial charge on any atom is 0.407 e. The van der Waals surface area contributed by atoms with Crippen molar-refractivity contribution in [3.05, 3.63) is 0 Å². The summed E-state index contributed by atoms with van der Waals surface area (Å²) in [4.78, 5) is 21.7. The number of amides is 1. The van der Waals surface area contributed by atoms with Crippen LogP contribution in [0.15, 0.2) is 4.99 Å². The normalized spacial score (nSPS) is 24.3. The minimum absolute atomic E-state index is 0.105. The Kier molecular flexibility index (Phi) is 8.86. The molecule has 2 heterocycles. The Balaban J connectivity index is 1.76. The molecule has 1 unspecified atom stereocenters. The number of alkyl carbamates (subject to hydrolysis) is 1. The van der Waals surface area contributed by atoms with Gasteiger partial charge in [0.05, 0.1) is 6.04 Å². The molecule has 0 radical (unpaired) electrons. The maximum atomic E-state index is 12.0. The third-order valence-corrected chi connectivity index (χ3v) is 5.18. The van der Waals surface area contributed by atoms with E-state index in [1.54, 1.807) is 0 Å².